The molecule has 0 saturated carbocycles. The Labute approximate surface area is 210 Å². The normalized spacial score (nSPS) is 11.3. The summed E-state index contributed by atoms with van der Waals surface area (Å²) in [7, 11) is -3.72. The van der Waals surface area contributed by atoms with Crippen molar-refractivity contribution in [2.75, 3.05) is 29.5 Å². The van der Waals surface area contributed by atoms with Gasteiger partial charge in [0.2, 0.25) is 15.8 Å². The number of nitrogens with zero attached hydrogens (tertiary/aromatic N) is 1. The third kappa shape index (κ3) is 5.85. The lowest BCUT2D eigenvalue weighted by Gasteiger charge is -2.09. The molecule has 0 aliphatic carbocycles. The topological polar surface area (TPSA) is 126 Å². The van der Waals surface area contributed by atoms with Crippen molar-refractivity contribution in [3.05, 3.63) is 94.9 Å². The molecule has 0 aliphatic rings. The Morgan fingerprint density at radius 3 is 2.22 bits per heavy atom. The third-order valence-electron chi connectivity index (χ3n) is 4.99. The van der Waals surface area contributed by atoms with Crippen LogP contribution in [0.25, 0.3) is 0 Å². The van der Waals surface area contributed by atoms with E-state index in [9.17, 15) is 22.0 Å². The van der Waals surface area contributed by atoms with Gasteiger partial charge in [-0.15, -0.1) is 0 Å². The first kappa shape index (κ1) is 25.2. The summed E-state index contributed by atoms with van der Waals surface area (Å²) < 4.78 is 55.6. The number of anilines is 4. The van der Waals surface area contributed by atoms with E-state index >= 15 is 0 Å². The zero-order chi connectivity index (χ0) is 25.7. The van der Waals surface area contributed by atoms with Crippen LogP contribution < -0.4 is 21.1 Å². The molecule has 3 aromatic carbocycles. The quantitative estimate of drug-likeness (QED) is 0.178. The van der Waals surface area contributed by atoms with Crippen LogP contribution in [0.2, 0.25) is 0 Å². The smallest absolute Gasteiger partial charge is 0.240 e. The molecular weight excluding hydrogens is 508 g/mol. The maximum absolute atomic E-state index is 14.0. The van der Waals surface area contributed by atoms with Crippen molar-refractivity contribution < 1.29 is 22.0 Å². The monoisotopic (exact) mass is 529 g/mol. The summed E-state index contributed by atoms with van der Waals surface area (Å²) in [4.78, 5) is 16.6. The highest BCUT2D eigenvalue weighted by Crippen LogP contribution is 2.31. The lowest BCUT2D eigenvalue weighted by Crippen LogP contribution is -2.28. The van der Waals surface area contributed by atoms with E-state index in [2.05, 4.69) is 20.3 Å². The van der Waals surface area contributed by atoms with E-state index in [1.54, 1.807) is 0 Å². The second kappa shape index (κ2) is 10.8. The molecule has 5 N–H and O–H groups in total. The largest absolute Gasteiger partial charge is 0.384 e. The number of carbonyl (C=O) groups is 1. The number of aromatic nitrogens is 1. The standard InChI is InChI=1S/C24H21F2N5O3S2/c25-18-7-4-8-19(26)20(18)21(32)22-23(27)31-24(35-22)30-16-9-11-17(12-10-16)36(33,34)29-14-13-28-15-5-2-1-3-6-15/h1-12,28-29H,13-14,27H2,(H,30,31). The first-order chi connectivity index (χ1) is 17.2. The SMILES string of the molecule is Nc1nc(Nc2ccc(S(=O)(=O)NCCNc3ccccc3)cc2)sc1C(=O)c1c(F)cccc1F. The van der Waals surface area contributed by atoms with Crippen LogP contribution in [-0.4, -0.2) is 32.3 Å². The number of thiazole rings is 1. The molecular formula is C24H21F2N5O3S2. The predicted molar refractivity (Wildman–Crippen MR) is 136 cm³/mol. The summed E-state index contributed by atoms with van der Waals surface area (Å²) in [5, 5.41) is 6.23. The zero-order valence-electron chi connectivity index (χ0n) is 18.7. The molecule has 0 radical (unpaired) electrons. The summed E-state index contributed by atoms with van der Waals surface area (Å²) in [5.74, 6) is -3.09. The Morgan fingerprint density at radius 1 is 0.889 bits per heavy atom. The van der Waals surface area contributed by atoms with Gasteiger partial charge in [0.05, 0.1) is 10.5 Å². The number of hydrogen-bond donors (Lipinski definition) is 4. The fourth-order valence-corrected chi connectivity index (χ4v) is 5.13. The van der Waals surface area contributed by atoms with Crippen LogP contribution in [-0.2, 0) is 10.0 Å². The molecule has 0 fully saturated rings. The Bertz CT molecular complexity index is 1460. The molecule has 4 aromatic rings. The molecule has 1 aromatic heterocycles. The lowest BCUT2D eigenvalue weighted by atomic mass is 10.1. The highest BCUT2D eigenvalue weighted by molar-refractivity contribution is 7.89. The molecule has 8 nitrogen and oxygen atoms in total. The van der Waals surface area contributed by atoms with Gasteiger partial charge in [-0.3, -0.25) is 4.79 Å². The zero-order valence-corrected chi connectivity index (χ0v) is 20.3. The molecule has 4 rings (SSSR count). The fraction of sp³-hybridized carbons (Fsp3) is 0.0833. The van der Waals surface area contributed by atoms with Gasteiger partial charge in [0.25, 0.3) is 0 Å². The van der Waals surface area contributed by atoms with Gasteiger partial charge in [0, 0.05) is 24.5 Å². The molecule has 12 heteroatoms. The Kier molecular flexibility index (Phi) is 7.58. The Hall–Kier alpha value is -3.87. The number of hydrogen-bond acceptors (Lipinski definition) is 8. The maximum Gasteiger partial charge on any atom is 0.240 e. The third-order valence-corrected chi connectivity index (χ3v) is 7.45. The number of rotatable bonds is 10. The molecule has 0 saturated heterocycles. The van der Waals surface area contributed by atoms with E-state index < -0.39 is 33.0 Å². The lowest BCUT2D eigenvalue weighted by molar-refractivity contribution is 0.103. The molecule has 0 atom stereocenters. The average molecular weight is 530 g/mol. The predicted octanol–water partition coefficient (Wildman–Crippen LogP) is 4.37. The number of nitrogen functional groups attached to an aromatic ring is 1. The highest BCUT2D eigenvalue weighted by atomic mass is 32.2. The molecule has 0 amide bonds. The van der Waals surface area contributed by atoms with Crippen molar-refractivity contribution in [3.63, 3.8) is 0 Å². The number of carbonyl (C=O) groups excluding carboxylic acids is 1. The maximum atomic E-state index is 14.0. The van der Waals surface area contributed by atoms with Gasteiger partial charge in [0.15, 0.2) is 5.13 Å². The number of nitrogens with two attached hydrogens (primary N) is 1. The van der Waals surface area contributed by atoms with Crippen molar-refractivity contribution in [2.24, 2.45) is 0 Å². The Morgan fingerprint density at radius 2 is 1.56 bits per heavy atom. The summed E-state index contributed by atoms with van der Waals surface area (Å²) in [6.45, 7) is 0.598. The second-order valence-corrected chi connectivity index (χ2v) is 10.3. The molecule has 36 heavy (non-hydrogen) atoms. The van der Waals surface area contributed by atoms with Crippen LogP contribution >= 0.6 is 11.3 Å². The highest BCUT2D eigenvalue weighted by Gasteiger charge is 2.24. The van der Waals surface area contributed by atoms with Crippen LogP contribution in [0.15, 0.2) is 77.7 Å². The van der Waals surface area contributed by atoms with Gasteiger partial charge < -0.3 is 16.4 Å². The number of sulfonamides is 1. The Balaban J connectivity index is 1.39. The average Bonchev–Trinajstić information content (AvgIpc) is 3.22. The van der Waals surface area contributed by atoms with E-state index in [-0.39, 0.29) is 27.3 Å². The van der Waals surface area contributed by atoms with Crippen LogP contribution in [0.5, 0.6) is 0 Å². The van der Waals surface area contributed by atoms with Crippen molar-refractivity contribution in [3.8, 4) is 0 Å². The van der Waals surface area contributed by atoms with Gasteiger partial charge >= 0.3 is 0 Å². The van der Waals surface area contributed by atoms with Gasteiger partial charge in [-0.25, -0.2) is 26.9 Å². The number of para-hydroxylation sites is 1. The van der Waals surface area contributed by atoms with Crippen molar-refractivity contribution in [1.29, 1.82) is 0 Å². The van der Waals surface area contributed by atoms with E-state index in [4.69, 9.17) is 5.73 Å². The minimum Gasteiger partial charge on any atom is -0.384 e. The minimum absolute atomic E-state index is 0.0670. The molecule has 0 bridgehead atoms. The van der Waals surface area contributed by atoms with E-state index in [0.29, 0.717) is 12.2 Å². The van der Waals surface area contributed by atoms with Gasteiger partial charge in [-0.1, -0.05) is 35.6 Å². The fourth-order valence-electron chi connectivity index (χ4n) is 3.25. The number of benzene rings is 3. The molecule has 0 aliphatic heterocycles. The van der Waals surface area contributed by atoms with Gasteiger partial charge in [0.1, 0.15) is 22.3 Å². The minimum atomic E-state index is -3.72. The molecule has 186 valence electrons. The molecule has 1 heterocycles. The van der Waals surface area contributed by atoms with Gasteiger partial charge in [-0.05, 0) is 48.5 Å². The van der Waals surface area contributed by atoms with E-state index in [0.717, 1.165) is 35.2 Å². The number of nitrogens with one attached hydrogen (secondary N) is 3. The summed E-state index contributed by atoms with van der Waals surface area (Å²) >= 11 is 0.829. The van der Waals surface area contributed by atoms with Crippen LogP contribution in [0, 0.1) is 11.6 Å². The van der Waals surface area contributed by atoms with Crippen molar-refractivity contribution >= 4 is 49.5 Å². The van der Waals surface area contributed by atoms with E-state index in [1.807, 2.05) is 30.3 Å². The van der Waals surface area contributed by atoms with E-state index in [1.165, 1.54) is 24.3 Å². The second-order valence-electron chi connectivity index (χ2n) is 7.50. The number of ketones is 1. The van der Waals surface area contributed by atoms with Crippen molar-refractivity contribution in [1.82, 2.24) is 9.71 Å². The summed E-state index contributed by atoms with van der Waals surface area (Å²) in [6.07, 6.45) is 0. The molecule has 0 spiro atoms. The molecule has 0 unspecified atom stereocenters. The first-order valence-electron chi connectivity index (χ1n) is 10.7. The van der Waals surface area contributed by atoms with Gasteiger partial charge in [-0.2, -0.15) is 0 Å². The number of halogens is 2. The van der Waals surface area contributed by atoms with Crippen molar-refractivity contribution in [2.45, 2.75) is 4.90 Å². The van der Waals surface area contributed by atoms with Crippen LogP contribution in [0.1, 0.15) is 15.2 Å². The first-order valence-corrected chi connectivity index (χ1v) is 13.0. The summed E-state index contributed by atoms with van der Waals surface area (Å²) in [6, 6.07) is 18.4. The van der Waals surface area contributed by atoms with Crippen LogP contribution in [0.4, 0.5) is 31.1 Å². The summed E-state index contributed by atoms with van der Waals surface area (Å²) in [5.41, 5.74) is 6.47. The van der Waals surface area contributed by atoms with Crippen LogP contribution in [0.3, 0.4) is 0 Å².